The zero-order valence-corrected chi connectivity index (χ0v) is 16.0. The first-order valence-corrected chi connectivity index (χ1v) is 9.64. The van der Waals surface area contributed by atoms with E-state index in [1.807, 2.05) is 62.4 Å². The number of hydrogen-bond donors (Lipinski definition) is 0. The van der Waals surface area contributed by atoms with Gasteiger partial charge in [-0.3, -0.25) is 14.2 Å². The van der Waals surface area contributed by atoms with Crippen LogP contribution in [0.25, 0.3) is 20.3 Å². The van der Waals surface area contributed by atoms with Crippen LogP contribution in [-0.2, 0) is 11.3 Å². The fourth-order valence-electron chi connectivity index (χ4n) is 3.26. The first-order valence-electron chi connectivity index (χ1n) is 8.82. The summed E-state index contributed by atoms with van der Waals surface area (Å²) in [6.07, 6.45) is 1.48. The Morgan fingerprint density at radius 2 is 2.00 bits per heavy atom. The molecule has 0 atom stereocenters. The lowest BCUT2D eigenvalue weighted by Crippen LogP contribution is -2.36. The molecule has 6 heteroatoms. The van der Waals surface area contributed by atoms with Crippen LogP contribution in [0, 0.1) is 6.92 Å². The van der Waals surface area contributed by atoms with Gasteiger partial charge < -0.3 is 4.90 Å². The molecule has 0 unspecified atom stereocenters. The second kappa shape index (κ2) is 6.96. The van der Waals surface area contributed by atoms with Gasteiger partial charge in [-0.25, -0.2) is 4.98 Å². The molecule has 2 heterocycles. The molecule has 0 aliphatic rings. The number of aromatic nitrogens is 2. The van der Waals surface area contributed by atoms with E-state index in [1.54, 1.807) is 4.90 Å². The summed E-state index contributed by atoms with van der Waals surface area (Å²) in [5.74, 6) is -0.132. The third kappa shape index (κ3) is 3.13. The average Bonchev–Trinajstić information content (AvgIpc) is 3.04. The summed E-state index contributed by atoms with van der Waals surface area (Å²) in [7, 11) is 0. The number of anilines is 1. The van der Waals surface area contributed by atoms with Crippen molar-refractivity contribution in [2.24, 2.45) is 0 Å². The van der Waals surface area contributed by atoms with Crippen LogP contribution < -0.4 is 10.5 Å². The number of rotatable bonds is 4. The van der Waals surface area contributed by atoms with Gasteiger partial charge in [-0.15, -0.1) is 11.3 Å². The van der Waals surface area contributed by atoms with Crippen LogP contribution in [0.1, 0.15) is 12.5 Å². The normalized spacial score (nSPS) is 11.2. The Labute approximate surface area is 160 Å². The second-order valence-corrected chi connectivity index (χ2v) is 7.48. The molecule has 1 amide bonds. The predicted molar refractivity (Wildman–Crippen MR) is 111 cm³/mol. The van der Waals surface area contributed by atoms with Gasteiger partial charge in [0.25, 0.3) is 5.56 Å². The summed E-state index contributed by atoms with van der Waals surface area (Å²) >= 11 is 1.42. The van der Waals surface area contributed by atoms with E-state index in [2.05, 4.69) is 4.98 Å². The van der Waals surface area contributed by atoms with Crippen LogP contribution in [0.15, 0.2) is 59.7 Å². The number of aryl methyl sites for hydroxylation is 1. The Bertz CT molecular complexity index is 1210. The number of thiophene rings is 1. The predicted octanol–water partition coefficient (Wildman–Crippen LogP) is 3.97. The molecule has 0 saturated heterocycles. The topological polar surface area (TPSA) is 55.2 Å². The van der Waals surface area contributed by atoms with Gasteiger partial charge in [0.05, 0.1) is 11.8 Å². The van der Waals surface area contributed by atoms with Gasteiger partial charge in [-0.2, -0.15) is 0 Å². The van der Waals surface area contributed by atoms with E-state index in [1.165, 1.54) is 22.2 Å². The molecule has 5 nitrogen and oxygen atoms in total. The van der Waals surface area contributed by atoms with Crippen molar-refractivity contribution < 1.29 is 4.79 Å². The summed E-state index contributed by atoms with van der Waals surface area (Å²) in [5, 5.41) is 0.975. The fraction of sp³-hybridized carbons (Fsp3) is 0.190. The number of carbonyl (C=O) groups is 1. The molecular weight excluding hydrogens is 358 g/mol. The minimum Gasteiger partial charge on any atom is -0.311 e. The van der Waals surface area contributed by atoms with Crippen molar-refractivity contribution in [1.29, 1.82) is 0 Å². The van der Waals surface area contributed by atoms with E-state index >= 15 is 0 Å². The summed E-state index contributed by atoms with van der Waals surface area (Å²) in [5.41, 5.74) is 2.46. The van der Waals surface area contributed by atoms with Crippen molar-refractivity contribution in [1.82, 2.24) is 9.55 Å². The quantitative estimate of drug-likeness (QED) is 0.541. The number of fused-ring (bicyclic) bond motifs is 3. The van der Waals surface area contributed by atoms with E-state index in [0.29, 0.717) is 16.8 Å². The maximum absolute atomic E-state index is 12.9. The Kier molecular flexibility index (Phi) is 4.49. The Morgan fingerprint density at radius 3 is 2.78 bits per heavy atom. The van der Waals surface area contributed by atoms with Crippen molar-refractivity contribution in [3.63, 3.8) is 0 Å². The molecule has 2 aromatic carbocycles. The summed E-state index contributed by atoms with van der Waals surface area (Å²) in [6.45, 7) is 4.43. The van der Waals surface area contributed by atoms with Crippen molar-refractivity contribution in [3.05, 3.63) is 70.8 Å². The minimum absolute atomic E-state index is 0.0300. The fourth-order valence-corrected chi connectivity index (χ4v) is 4.36. The van der Waals surface area contributed by atoms with Crippen LogP contribution >= 0.6 is 11.3 Å². The number of amides is 1. The summed E-state index contributed by atoms with van der Waals surface area (Å²) in [4.78, 5) is 31.9. The Morgan fingerprint density at radius 1 is 1.19 bits per heavy atom. The smallest absolute Gasteiger partial charge is 0.271 e. The van der Waals surface area contributed by atoms with E-state index < -0.39 is 0 Å². The maximum atomic E-state index is 12.9. The lowest BCUT2D eigenvalue weighted by molar-refractivity contribution is -0.119. The van der Waals surface area contributed by atoms with E-state index in [9.17, 15) is 9.59 Å². The highest BCUT2D eigenvalue weighted by Gasteiger charge is 2.17. The van der Waals surface area contributed by atoms with Gasteiger partial charge in [-0.05, 0) is 37.6 Å². The molecular formula is C21H19N3O2S. The zero-order chi connectivity index (χ0) is 19.0. The van der Waals surface area contributed by atoms with Crippen LogP contribution in [0.5, 0.6) is 0 Å². The standard InChI is InChI=1S/C21H19N3O2S/c1-3-24(15-8-6-7-14(2)11-15)18(25)12-23-13-22-19-16-9-4-5-10-17(16)27-20(19)21(23)26/h4-11,13H,3,12H2,1-2H3. The van der Waals surface area contributed by atoms with E-state index in [-0.39, 0.29) is 18.0 Å². The highest BCUT2D eigenvalue weighted by molar-refractivity contribution is 7.25. The summed E-state index contributed by atoms with van der Waals surface area (Å²) < 4.78 is 3.01. The molecule has 0 aliphatic carbocycles. The molecule has 136 valence electrons. The molecule has 0 fully saturated rings. The Balaban J connectivity index is 1.70. The van der Waals surface area contributed by atoms with Crippen LogP contribution in [0.3, 0.4) is 0 Å². The van der Waals surface area contributed by atoms with Crippen molar-refractivity contribution in [2.75, 3.05) is 11.4 Å². The number of hydrogen-bond acceptors (Lipinski definition) is 4. The van der Waals surface area contributed by atoms with Gasteiger partial charge in [-0.1, -0.05) is 30.3 Å². The molecule has 0 spiro atoms. The molecule has 0 radical (unpaired) electrons. The van der Waals surface area contributed by atoms with Crippen molar-refractivity contribution in [2.45, 2.75) is 20.4 Å². The van der Waals surface area contributed by atoms with Gasteiger partial charge in [0.15, 0.2) is 0 Å². The van der Waals surface area contributed by atoms with Gasteiger partial charge in [0, 0.05) is 22.3 Å². The third-order valence-electron chi connectivity index (χ3n) is 4.59. The molecule has 0 saturated carbocycles. The number of carbonyl (C=O) groups excluding carboxylic acids is 1. The van der Waals surface area contributed by atoms with Crippen molar-refractivity contribution in [3.8, 4) is 0 Å². The second-order valence-electron chi connectivity index (χ2n) is 6.43. The van der Waals surface area contributed by atoms with Crippen LogP contribution in [0.4, 0.5) is 5.69 Å². The number of benzene rings is 2. The largest absolute Gasteiger partial charge is 0.311 e. The minimum atomic E-state index is -0.171. The van der Waals surface area contributed by atoms with Crippen molar-refractivity contribution >= 4 is 43.2 Å². The van der Waals surface area contributed by atoms with Gasteiger partial charge in [0.1, 0.15) is 11.2 Å². The zero-order valence-electron chi connectivity index (χ0n) is 15.2. The van der Waals surface area contributed by atoms with E-state index in [0.717, 1.165) is 21.3 Å². The Hall–Kier alpha value is -2.99. The molecule has 0 N–H and O–H groups in total. The molecule has 0 aliphatic heterocycles. The number of nitrogens with zero attached hydrogens (tertiary/aromatic N) is 3. The average molecular weight is 377 g/mol. The lowest BCUT2D eigenvalue weighted by atomic mass is 10.2. The van der Waals surface area contributed by atoms with E-state index in [4.69, 9.17) is 0 Å². The molecule has 2 aromatic heterocycles. The highest BCUT2D eigenvalue weighted by atomic mass is 32.1. The molecule has 0 bridgehead atoms. The molecule has 4 aromatic rings. The SMILES string of the molecule is CCN(C(=O)Cn1cnc2c(sc3ccccc32)c1=O)c1cccc(C)c1. The molecule has 4 rings (SSSR count). The van der Waals surface area contributed by atoms with Gasteiger partial charge >= 0.3 is 0 Å². The number of likely N-dealkylation sites (N-methyl/N-ethyl adjacent to an activating group) is 1. The first kappa shape index (κ1) is 17.4. The summed E-state index contributed by atoms with van der Waals surface area (Å²) in [6, 6.07) is 15.6. The highest BCUT2D eigenvalue weighted by Crippen LogP contribution is 2.29. The van der Waals surface area contributed by atoms with Crippen LogP contribution in [0.2, 0.25) is 0 Å². The van der Waals surface area contributed by atoms with Gasteiger partial charge in [0.2, 0.25) is 5.91 Å². The third-order valence-corrected chi connectivity index (χ3v) is 5.73. The molecule has 27 heavy (non-hydrogen) atoms. The first-order chi connectivity index (χ1) is 13.1. The lowest BCUT2D eigenvalue weighted by Gasteiger charge is -2.21. The van der Waals surface area contributed by atoms with Crippen LogP contribution in [-0.4, -0.2) is 22.0 Å². The monoisotopic (exact) mass is 377 g/mol. The maximum Gasteiger partial charge on any atom is 0.271 e.